The van der Waals surface area contributed by atoms with Gasteiger partial charge in [-0.1, -0.05) is 41.9 Å². The van der Waals surface area contributed by atoms with Gasteiger partial charge in [-0.15, -0.1) is 0 Å². The maximum atomic E-state index is 13.3. The van der Waals surface area contributed by atoms with Crippen molar-refractivity contribution in [3.05, 3.63) is 58.1 Å². The van der Waals surface area contributed by atoms with Crippen molar-refractivity contribution in [3.8, 4) is 0 Å². The van der Waals surface area contributed by atoms with E-state index in [4.69, 9.17) is 4.74 Å². The van der Waals surface area contributed by atoms with Crippen molar-refractivity contribution in [1.82, 2.24) is 0 Å². The molecule has 0 N–H and O–H groups in total. The van der Waals surface area contributed by atoms with Crippen LogP contribution in [-0.4, -0.2) is 23.1 Å². The average molecular weight is 525 g/mol. The molecule has 5 rings (SSSR count). The number of rotatable bonds is 3. The Morgan fingerprint density at radius 2 is 1.74 bits per heavy atom. The van der Waals surface area contributed by atoms with Gasteiger partial charge in [0.2, 0.25) is 0 Å². The highest BCUT2D eigenvalue weighted by Gasteiger charge is 2.68. The first-order valence-electron chi connectivity index (χ1n) is 12.4. The van der Waals surface area contributed by atoms with Gasteiger partial charge in [0.25, 0.3) is 0 Å². The molecular weight excluding hydrogens is 492 g/mol. The minimum absolute atomic E-state index is 0.0369. The molecule has 5 heteroatoms. The third kappa shape index (κ3) is 3.26. The number of carbonyl (C=O) groups is 3. The zero-order chi connectivity index (χ0) is 24.5. The molecule has 4 aliphatic carbocycles. The molecule has 1 aromatic rings. The van der Waals surface area contributed by atoms with Gasteiger partial charge in [0, 0.05) is 16.3 Å². The quantitative estimate of drug-likeness (QED) is 0.416. The summed E-state index contributed by atoms with van der Waals surface area (Å²) in [5.74, 6) is 0.855. The van der Waals surface area contributed by atoms with E-state index in [0.717, 1.165) is 47.7 Å². The second kappa shape index (κ2) is 8.01. The summed E-state index contributed by atoms with van der Waals surface area (Å²) < 4.78 is 7.12. The van der Waals surface area contributed by atoms with Crippen LogP contribution in [0.1, 0.15) is 76.1 Å². The Kier molecular flexibility index (Phi) is 5.59. The summed E-state index contributed by atoms with van der Waals surface area (Å²) in [7, 11) is 0. The van der Waals surface area contributed by atoms with Crippen molar-refractivity contribution in [1.29, 1.82) is 0 Å². The monoisotopic (exact) mass is 524 g/mol. The van der Waals surface area contributed by atoms with Gasteiger partial charge in [-0.2, -0.15) is 0 Å². The molecule has 4 nitrogen and oxygen atoms in total. The molecule has 3 unspecified atom stereocenters. The lowest BCUT2D eigenvalue weighted by molar-refractivity contribution is -0.160. The van der Waals surface area contributed by atoms with Crippen LogP contribution in [0.3, 0.4) is 0 Å². The van der Waals surface area contributed by atoms with E-state index in [9.17, 15) is 14.4 Å². The van der Waals surface area contributed by atoms with Gasteiger partial charge < -0.3 is 4.74 Å². The highest BCUT2D eigenvalue weighted by molar-refractivity contribution is 9.10. The summed E-state index contributed by atoms with van der Waals surface area (Å²) in [4.78, 5) is 38.6. The number of hydrogen-bond acceptors (Lipinski definition) is 4. The Morgan fingerprint density at radius 3 is 2.41 bits per heavy atom. The number of carbonyl (C=O) groups excluding carboxylic acids is 3. The molecule has 0 amide bonds. The predicted molar refractivity (Wildman–Crippen MR) is 134 cm³/mol. The second-order valence-electron chi connectivity index (χ2n) is 11.4. The van der Waals surface area contributed by atoms with Gasteiger partial charge in [-0.25, -0.2) is 4.79 Å². The van der Waals surface area contributed by atoms with Crippen molar-refractivity contribution in [2.24, 2.45) is 28.6 Å². The van der Waals surface area contributed by atoms with Crippen LogP contribution in [0.2, 0.25) is 0 Å². The van der Waals surface area contributed by atoms with E-state index in [1.165, 1.54) is 0 Å². The van der Waals surface area contributed by atoms with Gasteiger partial charge in [0.15, 0.2) is 17.2 Å². The molecule has 0 spiro atoms. The molecule has 0 bridgehead atoms. The number of fused-ring (bicyclic) bond motifs is 5. The van der Waals surface area contributed by atoms with Crippen molar-refractivity contribution in [2.75, 3.05) is 0 Å². The first-order chi connectivity index (χ1) is 16.0. The second-order valence-corrected chi connectivity index (χ2v) is 12.3. The number of esters is 1. The maximum absolute atomic E-state index is 13.3. The molecule has 0 aliphatic heterocycles. The number of Topliss-reactive ketones (excluding diaryl/α,β-unsaturated/α-hetero) is 1. The molecule has 6 atom stereocenters. The van der Waals surface area contributed by atoms with Crippen molar-refractivity contribution in [3.63, 3.8) is 0 Å². The average Bonchev–Trinajstić information content (AvgIpc) is 3.09. The van der Waals surface area contributed by atoms with E-state index in [2.05, 4.69) is 36.4 Å². The number of ketones is 2. The summed E-state index contributed by atoms with van der Waals surface area (Å²) in [6.07, 6.45) is 7.43. The van der Waals surface area contributed by atoms with Crippen LogP contribution in [0.4, 0.5) is 0 Å². The normalized spacial score (nSPS) is 38.9. The molecule has 1 aromatic carbocycles. The topological polar surface area (TPSA) is 60.4 Å². The highest BCUT2D eigenvalue weighted by atomic mass is 79.9. The summed E-state index contributed by atoms with van der Waals surface area (Å²) in [6, 6.07) is 7.09. The van der Waals surface area contributed by atoms with Crippen molar-refractivity contribution < 1.29 is 19.1 Å². The lowest BCUT2D eigenvalue weighted by Gasteiger charge is -2.59. The Hall–Kier alpha value is -2.01. The summed E-state index contributed by atoms with van der Waals surface area (Å²) in [5, 5.41) is 0. The van der Waals surface area contributed by atoms with Crippen LogP contribution in [0, 0.1) is 28.6 Å². The fraction of sp³-hybridized carbons (Fsp3) is 0.552. The molecule has 3 fully saturated rings. The van der Waals surface area contributed by atoms with Crippen LogP contribution < -0.4 is 0 Å². The zero-order valence-electron chi connectivity index (χ0n) is 20.3. The maximum Gasteiger partial charge on any atom is 0.339 e. The van der Waals surface area contributed by atoms with Crippen molar-refractivity contribution >= 4 is 33.5 Å². The fourth-order valence-electron chi connectivity index (χ4n) is 8.18. The van der Waals surface area contributed by atoms with Gasteiger partial charge in [-0.05, 0) is 105 Å². The van der Waals surface area contributed by atoms with Gasteiger partial charge >= 0.3 is 5.97 Å². The number of ether oxygens (including phenoxy) is 1. The van der Waals surface area contributed by atoms with Gasteiger partial charge in [-0.3, -0.25) is 9.59 Å². The van der Waals surface area contributed by atoms with Gasteiger partial charge in [0.1, 0.15) is 0 Å². The summed E-state index contributed by atoms with van der Waals surface area (Å²) >= 11 is 3.40. The molecule has 0 radical (unpaired) electrons. The van der Waals surface area contributed by atoms with Crippen LogP contribution in [0.25, 0.3) is 0 Å². The molecular formula is C29H33BrO4. The minimum Gasteiger partial charge on any atom is -0.447 e. The standard InChI is InChI=1S/C29H33BrO4/c1-17-15-22-23(27(3)12-9-21(32)16-25(17)27)10-13-28(4)24(22)11-14-29(28,18(2)31)34-26(33)19-5-7-20(30)8-6-19/h5-8,16,22-24H,1,9-15H2,2-4H3/t22?,23?,24?,27-,28+,29+/m1/s1. The lowest BCUT2D eigenvalue weighted by atomic mass is 9.45. The Balaban J connectivity index is 1.49. The molecule has 0 heterocycles. The third-order valence-corrected chi connectivity index (χ3v) is 10.5. The van der Waals surface area contributed by atoms with Crippen LogP contribution >= 0.6 is 15.9 Å². The molecule has 34 heavy (non-hydrogen) atoms. The Bertz CT molecular complexity index is 1120. The molecule has 0 saturated heterocycles. The fourth-order valence-corrected chi connectivity index (χ4v) is 8.45. The Morgan fingerprint density at radius 1 is 1.06 bits per heavy atom. The zero-order valence-corrected chi connectivity index (χ0v) is 21.9. The van der Waals surface area contributed by atoms with E-state index in [-0.39, 0.29) is 22.9 Å². The Labute approximate surface area is 210 Å². The SMILES string of the molecule is C=C1CC2C(CC[C@@]3(C)C2CC[C@]3(OC(=O)c2ccc(Br)cc2)C(C)=O)[C@@]2(C)CCC(=O)C=C12. The predicted octanol–water partition coefficient (Wildman–Crippen LogP) is 6.63. The van der Waals surface area contributed by atoms with Gasteiger partial charge in [0.05, 0.1) is 5.56 Å². The number of halogens is 1. The third-order valence-electron chi connectivity index (χ3n) is 9.96. The first-order valence-corrected chi connectivity index (χ1v) is 13.2. The van der Waals surface area contributed by atoms with E-state index >= 15 is 0 Å². The summed E-state index contributed by atoms with van der Waals surface area (Å²) in [5.41, 5.74) is 1.15. The van der Waals surface area contributed by atoms with Crippen LogP contribution in [0.5, 0.6) is 0 Å². The van der Waals surface area contributed by atoms with E-state index < -0.39 is 17.0 Å². The number of benzene rings is 1. The largest absolute Gasteiger partial charge is 0.447 e. The van der Waals surface area contributed by atoms with Crippen LogP contribution in [0.15, 0.2) is 52.5 Å². The van der Waals surface area contributed by atoms with E-state index in [0.29, 0.717) is 30.2 Å². The number of allylic oxidation sites excluding steroid dienone is 2. The smallest absolute Gasteiger partial charge is 0.339 e. The number of hydrogen-bond donors (Lipinski definition) is 0. The summed E-state index contributed by atoms with van der Waals surface area (Å²) in [6.45, 7) is 10.5. The van der Waals surface area contributed by atoms with Crippen molar-refractivity contribution in [2.45, 2.75) is 71.3 Å². The van der Waals surface area contributed by atoms with Crippen LogP contribution in [-0.2, 0) is 14.3 Å². The van der Waals surface area contributed by atoms with E-state index in [1.54, 1.807) is 19.1 Å². The minimum atomic E-state index is -1.10. The molecule has 0 aromatic heterocycles. The van der Waals surface area contributed by atoms with E-state index in [1.807, 2.05) is 18.2 Å². The molecule has 4 aliphatic rings. The lowest BCUT2D eigenvalue weighted by Crippen LogP contribution is -2.58. The highest BCUT2D eigenvalue weighted by Crippen LogP contribution is 2.69. The molecule has 3 saturated carbocycles. The molecule has 180 valence electrons. The first kappa shape index (κ1) is 23.7.